The first-order valence-electron chi connectivity index (χ1n) is 8.73. The molecule has 1 fully saturated rings. The van der Waals surface area contributed by atoms with Gasteiger partial charge in [-0.15, -0.1) is 0 Å². The minimum Gasteiger partial charge on any atom is -0.338 e. The first kappa shape index (κ1) is 17.5. The van der Waals surface area contributed by atoms with Crippen molar-refractivity contribution in [1.29, 1.82) is 0 Å². The second-order valence-corrected chi connectivity index (χ2v) is 6.74. The lowest BCUT2D eigenvalue weighted by Crippen LogP contribution is -2.41. The van der Waals surface area contributed by atoms with Crippen molar-refractivity contribution in [3.63, 3.8) is 0 Å². The first-order chi connectivity index (χ1) is 12.0. The third-order valence-electron chi connectivity index (χ3n) is 4.84. The lowest BCUT2D eigenvalue weighted by atomic mass is 10.1. The number of carbonyl (C=O) groups is 1. The molecule has 0 aliphatic heterocycles. The zero-order chi connectivity index (χ0) is 18.0. The highest BCUT2D eigenvalue weighted by Gasteiger charge is 2.33. The summed E-state index contributed by atoms with van der Waals surface area (Å²) >= 11 is 0. The largest absolute Gasteiger partial charge is 0.338 e. The summed E-state index contributed by atoms with van der Waals surface area (Å²) in [4.78, 5) is 14.5. The van der Waals surface area contributed by atoms with Crippen LogP contribution in [0.15, 0.2) is 24.3 Å². The molecule has 1 saturated carbocycles. The summed E-state index contributed by atoms with van der Waals surface area (Å²) in [6, 6.07) is 6.69. The molecule has 0 atom stereocenters. The minimum absolute atomic E-state index is 0.0349. The van der Waals surface area contributed by atoms with E-state index in [9.17, 15) is 9.18 Å². The predicted octanol–water partition coefficient (Wildman–Crippen LogP) is 3.09. The summed E-state index contributed by atoms with van der Waals surface area (Å²) in [7, 11) is 1.93. The normalized spacial score (nSPS) is 13.8. The topological polar surface area (TPSA) is 50.2 Å². The molecule has 1 aromatic carbocycles. The molecule has 1 aliphatic rings. The fraction of sp³-hybridized carbons (Fsp3) is 0.474. The fourth-order valence-electron chi connectivity index (χ4n) is 3.04. The van der Waals surface area contributed by atoms with Crippen molar-refractivity contribution < 1.29 is 9.18 Å². The van der Waals surface area contributed by atoms with Crippen LogP contribution in [0.2, 0.25) is 0 Å². The summed E-state index contributed by atoms with van der Waals surface area (Å²) in [6.07, 6.45) is 2.81. The SMILES string of the molecule is Cc1nn(C)c(C)c1CN(C(=O)NCCc1ccc(F)cc1)C1CC1. The van der Waals surface area contributed by atoms with E-state index >= 15 is 0 Å². The lowest BCUT2D eigenvalue weighted by molar-refractivity contribution is 0.192. The Morgan fingerprint density at radius 3 is 2.56 bits per heavy atom. The molecule has 2 aromatic rings. The van der Waals surface area contributed by atoms with E-state index in [1.807, 2.05) is 30.5 Å². The number of nitrogens with zero attached hydrogens (tertiary/aromatic N) is 3. The highest BCUT2D eigenvalue weighted by Crippen LogP contribution is 2.29. The Kier molecular flexibility index (Phi) is 5.06. The second kappa shape index (κ2) is 7.25. The zero-order valence-corrected chi connectivity index (χ0v) is 15.1. The smallest absolute Gasteiger partial charge is 0.317 e. The molecule has 25 heavy (non-hydrogen) atoms. The van der Waals surface area contributed by atoms with E-state index in [1.165, 1.54) is 12.1 Å². The molecule has 1 aromatic heterocycles. The summed E-state index contributed by atoms with van der Waals surface area (Å²) < 4.78 is 14.8. The standard InChI is InChI=1S/C19H25FN4O/c1-13-18(14(2)23(3)22-13)12-24(17-8-9-17)19(25)21-11-10-15-4-6-16(20)7-5-15/h4-7,17H,8-12H2,1-3H3,(H,21,25). The average Bonchev–Trinajstić information content (AvgIpc) is 3.38. The van der Waals surface area contributed by atoms with Crippen molar-refractivity contribution in [1.82, 2.24) is 20.0 Å². The van der Waals surface area contributed by atoms with Gasteiger partial charge in [-0.05, 0) is 50.8 Å². The van der Waals surface area contributed by atoms with Crippen molar-refractivity contribution in [3.8, 4) is 0 Å². The zero-order valence-electron chi connectivity index (χ0n) is 15.1. The predicted molar refractivity (Wildman–Crippen MR) is 94.7 cm³/mol. The molecule has 1 heterocycles. The van der Waals surface area contributed by atoms with Gasteiger partial charge in [-0.25, -0.2) is 9.18 Å². The molecule has 2 amide bonds. The number of nitrogens with one attached hydrogen (secondary N) is 1. The summed E-state index contributed by atoms with van der Waals surface area (Å²) in [5, 5.41) is 7.44. The first-order valence-corrected chi connectivity index (χ1v) is 8.73. The number of rotatable bonds is 6. The van der Waals surface area contributed by atoms with Crippen LogP contribution < -0.4 is 5.32 Å². The van der Waals surface area contributed by atoms with E-state index in [4.69, 9.17) is 0 Å². The van der Waals surface area contributed by atoms with Crippen molar-refractivity contribution in [2.75, 3.05) is 6.54 Å². The van der Waals surface area contributed by atoms with Gasteiger partial charge in [-0.1, -0.05) is 12.1 Å². The highest BCUT2D eigenvalue weighted by molar-refractivity contribution is 5.75. The number of benzene rings is 1. The van der Waals surface area contributed by atoms with Gasteiger partial charge in [0.1, 0.15) is 5.82 Å². The molecule has 134 valence electrons. The number of amides is 2. The number of urea groups is 1. The Morgan fingerprint density at radius 1 is 1.32 bits per heavy atom. The number of halogens is 1. The van der Waals surface area contributed by atoms with Crippen LogP contribution in [0.25, 0.3) is 0 Å². The Morgan fingerprint density at radius 2 is 2.00 bits per heavy atom. The number of hydrogen-bond acceptors (Lipinski definition) is 2. The Bertz CT molecular complexity index is 750. The molecule has 0 spiro atoms. The van der Waals surface area contributed by atoms with Crippen LogP contribution in [0.3, 0.4) is 0 Å². The van der Waals surface area contributed by atoms with Crippen LogP contribution in [0.4, 0.5) is 9.18 Å². The number of carbonyl (C=O) groups excluding carboxylic acids is 1. The fourth-order valence-corrected chi connectivity index (χ4v) is 3.04. The van der Waals surface area contributed by atoms with Crippen molar-refractivity contribution >= 4 is 6.03 Å². The van der Waals surface area contributed by atoms with E-state index in [0.717, 1.165) is 35.4 Å². The Balaban J connectivity index is 1.58. The summed E-state index contributed by atoms with van der Waals surface area (Å²) in [6.45, 7) is 5.16. The third-order valence-corrected chi connectivity index (χ3v) is 4.84. The van der Waals surface area contributed by atoms with Crippen LogP contribution >= 0.6 is 0 Å². The van der Waals surface area contributed by atoms with Crippen molar-refractivity contribution in [3.05, 3.63) is 52.6 Å². The molecule has 0 radical (unpaired) electrons. The van der Waals surface area contributed by atoms with Gasteiger partial charge >= 0.3 is 6.03 Å². The van der Waals surface area contributed by atoms with Crippen LogP contribution in [0.5, 0.6) is 0 Å². The van der Waals surface area contributed by atoms with Gasteiger partial charge < -0.3 is 10.2 Å². The van der Waals surface area contributed by atoms with E-state index in [2.05, 4.69) is 10.4 Å². The number of aromatic nitrogens is 2. The van der Waals surface area contributed by atoms with Gasteiger partial charge in [0.15, 0.2) is 0 Å². The van der Waals surface area contributed by atoms with Gasteiger partial charge in [0.25, 0.3) is 0 Å². The lowest BCUT2D eigenvalue weighted by Gasteiger charge is -2.23. The maximum Gasteiger partial charge on any atom is 0.317 e. The molecule has 6 heteroatoms. The quantitative estimate of drug-likeness (QED) is 0.875. The molecule has 0 unspecified atom stereocenters. The Hall–Kier alpha value is -2.37. The minimum atomic E-state index is -0.241. The van der Waals surface area contributed by atoms with Crippen molar-refractivity contribution in [2.45, 2.75) is 45.7 Å². The molecular weight excluding hydrogens is 319 g/mol. The van der Waals surface area contributed by atoms with Gasteiger partial charge in [0, 0.05) is 30.9 Å². The molecule has 1 aliphatic carbocycles. The van der Waals surface area contributed by atoms with E-state index in [0.29, 0.717) is 25.6 Å². The maximum atomic E-state index is 12.9. The van der Waals surface area contributed by atoms with Crippen molar-refractivity contribution in [2.24, 2.45) is 7.05 Å². The molecular formula is C19H25FN4O. The number of hydrogen-bond donors (Lipinski definition) is 1. The Labute approximate surface area is 147 Å². The van der Waals surface area contributed by atoms with Crippen LogP contribution in [0.1, 0.15) is 35.4 Å². The van der Waals surface area contributed by atoms with Gasteiger partial charge in [-0.2, -0.15) is 5.10 Å². The molecule has 1 N–H and O–H groups in total. The molecule has 0 saturated heterocycles. The summed E-state index contributed by atoms with van der Waals surface area (Å²) in [5.74, 6) is -0.241. The van der Waals surface area contributed by atoms with Crippen LogP contribution in [-0.4, -0.2) is 33.3 Å². The molecule has 0 bridgehead atoms. The number of aryl methyl sites for hydroxylation is 2. The van der Waals surface area contributed by atoms with E-state index < -0.39 is 0 Å². The van der Waals surface area contributed by atoms with Gasteiger partial charge in [-0.3, -0.25) is 4.68 Å². The van der Waals surface area contributed by atoms with Gasteiger partial charge in [0.05, 0.1) is 12.2 Å². The maximum absolute atomic E-state index is 12.9. The van der Waals surface area contributed by atoms with E-state index in [-0.39, 0.29) is 11.8 Å². The second-order valence-electron chi connectivity index (χ2n) is 6.74. The third kappa shape index (κ3) is 4.18. The summed E-state index contributed by atoms with van der Waals surface area (Å²) in [5.41, 5.74) is 4.22. The molecule has 3 rings (SSSR count). The highest BCUT2D eigenvalue weighted by atomic mass is 19.1. The molecule has 5 nitrogen and oxygen atoms in total. The van der Waals surface area contributed by atoms with Crippen LogP contribution in [-0.2, 0) is 20.0 Å². The van der Waals surface area contributed by atoms with E-state index in [1.54, 1.807) is 12.1 Å². The average molecular weight is 344 g/mol. The monoisotopic (exact) mass is 344 g/mol. The van der Waals surface area contributed by atoms with Crippen LogP contribution in [0, 0.1) is 19.7 Å². The van der Waals surface area contributed by atoms with Gasteiger partial charge in [0.2, 0.25) is 0 Å².